The number of likely N-dealkylation sites (N-methyl/N-ethyl adjacent to an activating group) is 1. The molecule has 0 bridgehead atoms. The minimum Gasteiger partial charge on any atom is -0.486 e. The van der Waals surface area contributed by atoms with E-state index in [2.05, 4.69) is 30.3 Å². The first-order valence-electron chi connectivity index (χ1n) is 10.6. The zero-order valence-electron chi connectivity index (χ0n) is 17.1. The Labute approximate surface area is 181 Å². The quantitative estimate of drug-likeness (QED) is 0.542. The van der Waals surface area contributed by atoms with Crippen LogP contribution in [0.25, 0.3) is 10.8 Å². The summed E-state index contributed by atoms with van der Waals surface area (Å²) in [5, 5.41) is 2.68. The number of hydrogen-bond acceptors (Lipinski definition) is 4. The van der Waals surface area contributed by atoms with Crippen LogP contribution in [-0.2, 0) is 17.6 Å². The summed E-state index contributed by atoms with van der Waals surface area (Å²) in [6.07, 6.45) is 2.09. The van der Waals surface area contributed by atoms with Gasteiger partial charge in [-0.25, -0.2) is 0 Å². The van der Waals surface area contributed by atoms with Crippen molar-refractivity contribution < 1.29 is 14.3 Å². The van der Waals surface area contributed by atoms with Crippen molar-refractivity contribution in [3.8, 4) is 11.5 Å². The molecule has 0 spiro atoms. The van der Waals surface area contributed by atoms with E-state index < -0.39 is 0 Å². The van der Waals surface area contributed by atoms with Gasteiger partial charge in [0.2, 0.25) is 5.91 Å². The summed E-state index contributed by atoms with van der Waals surface area (Å²) in [7, 11) is 0. The highest BCUT2D eigenvalue weighted by atomic mass is 32.2. The summed E-state index contributed by atoms with van der Waals surface area (Å²) < 4.78 is 11.8. The van der Waals surface area contributed by atoms with Gasteiger partial charge in [-0.15, -0.1) is 11.8 Å². The molecule has 0 saturated carbocycles. The van der Waals surface area contributed by atoms with Crippen molar-refractivity contribution in [2.75, 3.05) is 25.4 Å². The molecule has 30 heavy (non-hydrogen) atoms. The van der Waals surface area contributed by atoms with E-state index >= 15 is 0 Å². The van der Waals surface area contributed by atoms with Crippen LogP contribution in [0.1, 0.15) is 18.1 Å². The summed E-state index contributed by atoms with van der Waals surface area (Å²) in [6.45, 7) is 3.67. The fourth-order valence-electron chi connectivity index (χ4n) is 4.38. The number of aryl methyl sites for hydroxylation is 2. The second kappa shape index (κ2) is 8.23. The molecule has 0 saturated heterocycles. The lowest BCUT2D eigenvalue weighted by atomic mass is 10.1. The second-order valence-corrected chi connectivity index (χ2v) is 8.80. The Kier molecular flexibility index (Phi) is 5.30. The molecule has 4 nitrogen and oxygen atoms in total. The lowest BCUT2D eigenvalue weighted by Gasteiger charge is -2.31. The predicted molar refractivity (Wildman–Crippen MR) is 121 cm³/mol. The summed E-state index contributed by atoms with van der Waals surface area (Å²) in [5.74, 6) is 2.08. The Balaban J connectivity index is 1.25. The maximum atomic E-state index is 13.0. The fourth-order valence-corrected chi connectivity index (χ4v) is 5.33. The zero-order valence-corrected chi connectivity index (χ0v) is 17.9. The van der Waals surface area contributed by atoms with Gasteiger partial charge in [-0.1, -0.05) is 36.4 Å². The van der Waals surface area contributed by atoms with Gasteiger partial charge >= 0.3 is 0 Å². The summed E-state index contributed by atoms with van der Waals surface area (Å²) in [4.78, 5) is 16.0. The van der Waals surface area contributed by atoms with Crippen LogP contribution >= 0.6 is 11.8 Å². The van der Waals surface area contributed by atoms with E-state index in [1.54, 1.807) is 11.8 Å². The van der Waals surface area contributed by atoms with E-state index in [0.29, 0.717) is 25.4 Å². The number of ether oxygens (including phenoxy) is 2. The van der Waals surface area contributed by atoms with Crippen molar-refractivity contribution in [3.05, 3.63) is 65.7 Å². The number of carbonyl (C=O) groups is 1. The van der Waals surface area contributed by atoms with Crippen LogP contribution in [0.3, 0.4) is 0 Å². The molecule has 3 aromatic carbocycles. The average Bonchev–Trinajstić information content (AvgIpc) is 3.21. The maximum Gasteiger partial charge on any atom is 0.233 e. The molecule has 1 aliphatic carbocycles. The number of para-hydroxylation sites is 2. The molecular formula is C25H25NO3S. The number of amides is 1. The number of thioether (sulfide) groups is 1. The number of carbonyl (C=O) groups excluding carboxylic acids is 1. The molecule has 1 heterocycles. The van der Waals surface area contributed by atoms with Gasteiger partial charge in [0.15, 0.2) is 17.6 Å². The molecule has 0 aromatic heterocycles. The number of hydrogen-bond donors (Lipinski definition) is 0. The smallest absolute Gasteiger partial charge is 0.233 e. The predicted octanol–water partition coefficient (Wildman–Crippen LogP) is 4.72. The summed E-state index contributed by atoms with van der Waals surface area (Å²) in [6, 6.07) is 18.6. The Hall–Kier alpha value is -2.66. The molecular weight excluding hydrogens is 394 g/mol. The third-order valence-corrected chi connectivity index (χ3v) is 6.97. The van der Waals surface area contributed by atoms with Gasteiger partial charge < -0.3 is 14.4 Å². The topological polar surface area (TPSA) is 38.8 Å². The molecule has 0 fully saturated rings. The third kappa shape index (κ3) is 3.63. The Morgan fingerprint density at radius 2 is 1.83 bits per heavy atom. The molecule has 2 aliphatic rings. The van der Waals surface area contributed by atoms with Gasteiger partial charge in [-0.3, -0.25) is 4.79 Å². The molecule has 1 aliphatic heterocycles. The fraction of sp³-hybridized carbons (Fsp3) is 0.320. The van der Waals surface area contributed by atoms with Gasteiger partial charge in [0.25, 0.3) is 0 Å². The monoisotopic (exact) mass is 419 g/mol. The van der Waals surface area contributed by atoms with Gasteiger partial charge in [0.05, 0.1) is 12.3 Å². The standard InChI is InChI=1S/C25H25NO3S/c1-2-26(14-19-15-28-21-8-3-4-9-22(21)29-19)24(27)16-30-23-13-12-18-11-10-17-6-5-7-20(23)25(17)18/h3-9,12-13,19H,2,10-11,14-16H2,1H3/t19-/m1/s1. The highest BCUT2D eigenvalue weighted by Gasteiger charge is 2.25. The Morgan fingerprint density at radius 3 is 2.67 bits per heavy atom. The van der Waals surface area contributed by atoms with E-state index in [1.165, 1.54) is 26.8 Å². The second-order valence-electron chi connectivity index (χ2n) is 7.78. The molecule has 0 radical (unpaired) electrons. The van der Waals surface area contributed by atoms with E-state index in [0.717, 1.165) is 24.3 Å². The molecule has 5 heteroatoms. The number of benzene rings is 3. The first-order chi connectivity index (χ1) is 14.7. The van der Waals surface area contributed by atoms with Crippen molar-refractivity contribution in [2.24, 2.45) is 0 Å². The number of rotatable bonds is 6. The molecule has 3 aromatic rings. The van der Waals surface area contributed by atoms with Gasteiger partial charge in [-0.05, 0) is 59.9 Å². The Bertz CT molecular complexity index is 1090. The molecule has 1 atom stereocenters. The number of nitrogens with zero attached hydrogens (tertiary/aromatic N) is 1. The summed E-state index contributed by atoms with van der Waals surface area (Å²) in [5.41, 5.74) is 2.86. The van der Waals surface area contributed by atoms with Crippen LogP contribution in [0.5, 0.6) is 11.5 Å². The SMILES string of the molecule is CCN(C[C@@H]1COc2ccccc2O1)C(=O)CSc1ccc2c3c(cccc13)CC2. The normalized spacial score (nSPS) is 16.6. The Morgan fingerprint density at radius 1 is 1.03 bits per heavy atom. The van der Waals surface area contributed by atoms with Crippen LogP contribution in [0, 0.1) is 0 Å². The van der Waals surface area contributed by atoms with Crippen molar-refractivity contribution in [3.63, 3.8) is 0 Å². The van der Waals surface area contributed by atoms with Gasteiger partial charge in [-0.2, -0.15) is 0 Å². The third-order valence-electron chi connectivity index (χ3n) is 5.91. The molecule has 5 rings (SSSR count). The maximum absolute atomic E-state index is 13.0. The van der Waals surface area contributed by atoms with Gasteiger partial charge in [0, 0.05) is 11.4 Å². The lowest BCUT2D eigenvalue weighted by molar-refractivity contribution is -0.129. The van der Waals surface area contributed by atoms with Crippen LogP contribution in [0.2, 0.25) is 0 Å². The van der Waals surface area contributed by atoms with E-state index in [-0.39, 0.29) is 12.0 Å². The van der Waals surface area contributed by atoms with Crippen LogP contribution in [0.4, 0.5) is 0 Å². The van der Waals surface area contributed by atoms with Gasteiger partial charge in [0.1, 0.15) is 6.61 Å². The molecule has 154 valence electrons. The zero-order chi connectivity index (χ0) is 20.5. The highest BCUT2D eigenvalue weighted by molar-refractivity contribution is 8.00. The van der Waals surface area contributed by atoms with Crippen molar-refractivity contribution in [1.82, 2.24) is 4.90 Å². The minimum atomic E-state index is -0.148. The first kappa shape index (κ1) is 19.3. The minimum absolute atomic E-state index is 0.133. The van der Waals surface area contributed by atoms with Crippen molar-refractivity contribution in [1.29, 1.82) is 0 Å². The number of fused-ring (bicyclic) bond motifs is 1. The van der Waals surface area contributed by atoms with Crippen molar-refractivity contribution in [2.45, 2.75) is 30.8 Å². The van der Waals surface area contributed by atoms with E-state index in [4.69, 9.17) is 9.47 Å². The van der Waals surface area contributed by atoms with Crippen LogP contribution < -0.4 is 9.47 Å². The largest absolute Gasteiger partial charge is 0.486 e. The lowest BCUT2D eigenvalue weighted by Crippen LogP contribution is -2.44. The molecule has 0 unspecified atom stereocenters. The highest BCUT2D eigenvalue weighted by Crippen LogP contribution is 2.37. The summed E-state index contributed by atoms with van der Waals surface area (Å²) >= 11 is 1.63. The first-order valence-corrected chi connectivity index (χ1v) is 11.5. The van der Waals surface area contributed by atoms with E-state index in [9.17, 15) is 4.79 Å². The molecule has 0 N–H and O–H groups in total. The van der Waals surface area contributed by atoms with Crippen LogP contribution in [-0.4, -0.2) is 42.4 Å². The average molecular weight is 420 g/mol. The van der Waals surface area contributed by atoms with Crippen LogP contribution in [0.15, 0.2) is 59.5 Å². The van der Waals surface area contributed by atoms with Crippen molar-refractivity contribution >= 4 is 28.4 Å². The molecule has 1 amide bonds. The van der Waals surface area contributed by atoms with E-state index in [1.807, 2.05) is 36.1 Å².